The topological polar surface area (TPSA) is 57.7 Å². The first-order valence-corrected chi connectivity index (χ1v) is 6.94. The quantitative estimate of drug-likeness (QED) is 0.679. The molecule has 0 bridgehead atoms. The second kappa shape index (κ2) is 7.16. The first kappa shape index (κ1) is 16.3. The van der Waals surface area contributed by atoms with E-state index in [0.29, 0.717) is 13.0 Å². The summed E-state index contributed by atoms with van der Waals surface area (Å²) in [5.41, 5.74) is -0.523. The van der Waals surface area contributed by atoms with Crippen molar-refractivity contribution < 1.29 is 4.74 Å². The highest BCUT2D eigenvalue weighted by Gasteiger charge is 2.33. The van der Waals surface area contributed by atoms with E-state index in [9.17, 15) is 5.26 Å². The van der Waals surface area contributed by atoms with Crippen LogP contribution in [0.2, 0.25) is 0 Å². The molecule has 108 valence electrons. The van der Waals surface area contributed by atoms with Crippen LogP contribution in [-0.2, 0) is 4.74 Å². The minimum atomic E-state index is -0.882. The summed E-state index contributed by atoms with van der Waals surface area (Å²) in [5.74, 6) is 0. The van der Waals surface area contributed by atoms with Crippen LogP contribution in [0.15, 0.2) is 40.6 Å². The minimum Gasteiger partial charge on any atom is -0.375 e. The van der Waals surface area contributed by atoms with Crippen LogP contribution in [0.1, 0.15) is 40.5 Å². The molecule has 0 aliphatic heterocycles. The van der Waals surface area contributed by atoms with E-state index < -0.39 is 11.1 Å². The van der Waals surface area contributed by atoms with Crippen molar-refractivity contribution in [1.82, 2.24) is 0 Å². The fourth-order valence-electron chi connectivity index (χ4n) is 2.02. The molecule has 4 heteroatoms. The van der Waals surface area contributed by atoms with Crippen LogP contribution in [0.3, 0.4) is 0 Å². The van der Waals surface area contributed by atoms with Crippen molar-refractivity contribution >= 4 is 5.69 Å². The summed E-state index contributed by atoms with van der Waals surface area (Å²) in [5, 5.41) is 17.8. The van der Waals surface area contributed by atoms with Crippen LogP contribution in [-0.4, -0.2) is 17.7 Å². The monoisotopic (exact) mass is 273 g/mol. The lowest BCUT2D eigenvalue weighted by molar-refractivity contribution is -0.0313. The molecule has 0 spiro atoms. The lowest BCUT2D eigenvalue weighted by Gasteiger charge is -2.30. The zero-order chi connectivity index (χ0) is 15.1. The molecule has 0 saturated carbocycles. The highest BCUT2D eigenvalue weighted by molar-refractivity contribution is 5.35. The molecule has 0 N–H and O–H groups in total. The summed E-state index contributed by atoms with van der Waals surface area (Å²) in [6.45, 7) is 8.50. The summed E-state index contributed by atoms with van der Waals surface area (Å²) >= 11 is 0. The Morgan fingerprint density at radius 2 is 1.85 bits per heavy atom. The maximum atomic E-state index is 9.39. The number of nitrogens with zero attached hydrogens (tertiary/aromatic N) is 3. The molecule has 1 aromatic rings. The van der Waals surface area contributed by atoms with Crippen LogP contribution in [0.5, 0.6) is 0 Å². The molecule has 1 atom stereocenters. The van der Waals surface area contributed by atoms with E-state index in [1.54, 1.807) is 6.92 Å². The molecule has 0 saturated heterocycles. The number of rotatable bonds is 7. The number of hydrogen-bond acceptors (Lipinski definition) is 4. The number of nitriles is 1. The van der Waals surface area contributed by atoms with Crippen molar-refractivity contribution in [1.29, 1.82) is 5.26 Å². The van der Waals surface area contributed by atoms with Gasteiger partial charge in [-0.15, -0.1) is 0 Å². The molecule has 0 aliphatic rings. The zero-order valence-electron chi connectivity index (χ0n) is 12.8. The van der Waals surface area contributed by atoms with E-state index in [2.05, 4.69) is 23.2 Å². The smallest absolute Gasteiger partial charge is 0.167 e. The third kappa shape index (κ3) is 5.50. The Balaban J connectivity index is 2.77. The Kier molecular flexibility index (Phi) is 5.84. The van der Waals surface area contributed by atoms with Gasteiger partial charge < -0.3 is 4.74 Å². The van der Waals surface area contributed by atoms with Crippen molar-refractivity contribution in [3.63, 3.8) is 0 Å². The normalized spacial score (nSPS) is 14.9. The van der Waals surface area contributed by atoms with Crippen molar-refractivity contribution in [3.8, 4) is 6.07 Å². The first-order valence-electron chi connectivity index (χ1n) is 6.94. The number of hydrogen-bond donors (Lipinski definition) is 0. The van der Waals surface area contributed by atoms with Gasteiger partial charge in [-0.05, 0) is 39.3 Å². The van der Waals surface area contributed by atoms with Gasteiger partial charge in [-0.2, -0.15) is 15.5 Å². The largest absolute Gasteiger partial charge is 0.375 e. The average molecular weight is 273 g/mol. The van der Waals surface area contributed by atoms with Crippen molar-refractivity contribution in [3.05, 3.63) is 30.3 Å². The molecular weight excluding hydrogens is 250 g/mol. The molecule has 1 aromatic carbocycles. The Bertz CT molecular complexity index is 476. The Morgan fingerprint density at radius 1 is 1.20 bits per heavy atom. The minimum absolute atomic E-state index is 0.393. The van der Waals surface area contributed by atoms with Crippen molar-refractivity contribution in [2.75, 3.05) is 6.61 Å². The van der Waals surface area contributed by atoms with E-state index in [1.165, 1.54) is 0 Å². The van der Waals surface area contributed by atoms with Crippen LogP contribution in [0, 0.1) is 11.3 Å². The Morgan fingerprint density at radius 3 is 2.40 bits per heavy atom. The highest BCUT2D eigenvalue weighted by atomic mass is 16.5. The highest BCUT2D eigenvalue weighted by Crippen LogP contribution is 2.28. The summed E-state index contributed by atoms with van der Waals surface area (Å²) in [6, 6.07) is 11.7. The molecule has 20 heavy (non-hydrogen) atoms. The zero-order valence-corrected chi connectivity index (χ0v) is 12.8. The van der Waals surface area contributed by atoms with Gasteiger partial charge in [0.25, 0.3) is 0 Å². The second-order valence-corrected chi connectivity index (χ2v) is 5.71. The molecule has 0 radical (unpaired) electrons. The summed E-state index contributed by atoms with van der Waals surface area (Å²) in [6.07, 6.45) is 1.46. The number of ether oxygens (including phenoxy) is 1. The van der Waals surface area contributed by atoms with Gasteiger partial charge in [0.05, 0.1) is 17.4 Å². The van der Waals surface area contributed by atoms with E-state index in [0.717, 1.165) is 12.1 Å². The summed E-state index contributed by atoms with van der Waals surface area (Å²) < 4.78 is 5.78. The predicted molar refractivity (Wildman–Crippen MR) is 79.9 cm³/mol. The van der Waals surface area contributed by atoms with E-state index in [-0.39, 0.29) is 0 Å². The van der Waals surface area contributed by atoms with Crippen LogP contribution in [0.25, 0.3) is 0 Å². The molecule has 4 nitrogen and oxygen atoms in total. The lowest BCUT2D eigenvalue weighted by atomic mass is 9.89. The molecule has 0 amide bonds. The Hall–Kier alpha value is -1.73. The lowest BCUT2D eigenvalue weighted by Crippen LogP contribution is -2.35. The van der Waals surface area contributed by atoms with Crippen molar-refractivity contribution in [2.45, 2.75) is 51.7 Å². The second-order valence-electron chi connectivity index (χ2n) is 5.71. The molecule has 0 heterocycles. The predicted octanol–water partition coefficient (Wildman–Crippen LogP) is 4.65. The molecule has 1 unspecified atom stereocenters. The Labute approximate surface area is 121 Å². The summed E-state index contributed by atoms with van der Waals surface area (Å²) in [4.78, 5) is 0. The van der Waals surface area contributed by atoms with Gasteiger partial charge in [-0.1, -0.05) is 25.1 Å². The van der Waals surface area contributed by atoms with E-state index >= 15 is 0 Å². The standard InChI is InChI=1S/C16H23N3O/c1-5-11-20-15(2,3)12-16(4,13-17)19-18-14-9-7-6-8-10-14/h6-10H,5,11-12H2,1-4H3. The van der Waals surface area contributed by atoms with Gasteiger partial charge in [0.15, 0.2) is 5.54 Å². The number of azo groups is 1. The third-order valence-electron chi connectivity index (χ3n) is 2.85. The SMILES string of the molecule is CCCOC(C)(C)CC(C)(C#N)N=Nc1ccccc1. The molecular formula is C16H23N3O. The molecule has 0 aliphatic carbocycles. The molecule has 0 aromatic heterocycles. The van der Waals surface area contributed by atoms with Gasteiger partial charge in [-0.3, -0.25) is 0 Å². The number of benzene rings is 1. The first-order chi connectivity index (χ1) is 9.41. The van der Waals surface area contributed by atoms with E-state index in [4.69, 9.17) is 4.74 Å². The molecule has 0 fully saturated rings. The van der Waals surface area contributed by atoms with Crippen molar-refractivity contribution in [2.24, 2.45) is 10.2 Å². The third-order valence-corrected chi connectivity index (χ3v) is 2.85. The molecule has 1 rings (SSSR count). The van der Waals surface area contributed by atoms with E-state index in [1.807, 2.05) is 44.2 Å². The maximum absolute atomic E-state index is 9.39. The van der Waals surface area contributed by atoms with Gasteiger partial charge >= 0.3 is 0 Å². The van der Waals surface area contributed by atoms with Gasteiger partial charge in [0.2, 0.25) is 0 Å². The van der Waals surface area contributed by atoms with Crippen LogP contribution >= 0.6 is 0 Å². The summed E-state index contributed by atoms with van der Waals surface area (Å²) in [7, 11) is 0. The van der Waals surface area contributed by atoms with Gasteiger partial charge in [0, 0.05) is 13.0 Å². The van der Waals surface area contributed by atoms with Gasteiger partial charge in [0.1, 0.15) is 0 Å². The fourth-order valence-corrected chi connectivity index (χ4v) is 2.02. The fraction of sp³-hybridized carbons (Fsp3) is 0.562. The average Bonchev–Trinajstić information content (AvgIpc) is 2.44. The van der Waals surface area contributed by atoms with Gasteiger partial charge in [-0.25, -0.2) is 0 Å². The maximum Gasteiger partial charge on any atom is 0.167 e. The van der Waals surface area contributed by atoms with Crippen LogP contribution in [0.4, 0.5) is 5.69 Å². The van der Waals surface area contributed by atoms with Crippen LogP contribution < -0.4 is 0 Å².